The molecule has 0 saturated heterocycles. The Hall–Kier alpha value is -0.710. The van der Waals surface area contributed by atoms with E-state index in [1.807, 2.05) is 0 Å². The minimum Gasteiger partial charge on any atom is -0.495 e. The third-order valence-corrected chi connectivity index (χ3v) is 1.31. The zero-order valence-electron chi connectivity index (χ0n) is 5.56. The Morgan fingerprint density at radius 1 is 1.55 bits per heavy atom. The molecule has 2 nitrogen and oxygen atoms in total. The second kappa shape index (κ2) is 2.73. The van der Waals surface area contributed by atoms with E-state index >= 15 is 0 Å². The molecule has 1 atom stereocenters. The largest absolute Gasteiger partial charge is 0.495 e. The molecule has 0 aromatic heterocycles. The van der Waals surface area contributed by atoms with E-state index in [1.54, 1.807) is 0 Å². The number of alkyl halides is 3. The van der Waals surface area contributed by atoms with Crippen molar-refractivity contribution in [1.82, 2.24) is 0 Å². The number of halogens is 3. The molecule has 11 heavy (non-hydrogen) atoms. The molecule has 64 valence electrons. The highest BCUT2D eigenvalue weighted by Crippen LogP contribution is 2.27. The minimum absolute atomic E-state index is 0.225. The maximum Gasteiger partial charge on any atom is 0.421 e. The normalized spacial score (nSPS) is 20.9. The molecule has 0 aliphatic carbocycles. The van der Waals surface area contributed by atoms with E-state index in [1.165, 1.54) is 6.08 Å². The van der Waals surface area contributed by atoms with Crippen LogP contribution in [0.2, 0.25) is 0 Å². The van der Waals surface area contributed by atoms with Crippen LogP contribution in [0, 0.1) is 0 Å². The molecule has 0 unspecified atom stereocenters. The van der Waals surface area contributed by atoms with Crippen molar-refractivity contribution in [1.29, 1.82) is 0 Å². The monoisotopic (exact) mass is 168 g/mol. The summed E-state index contributed by atoms with van der Waals surface area (Å²) < 4.78 is 39.7. The van der Waals surface area contributed by atoms with Crippen molar-refractivity contribution >= 4 is 0 Å². The van der Waals surface area contributed by atoms with E-state index in [2.05, 4.69) is 4.74 Å². The third-order valence-electron chi connectivity index (χ3n) is 1.31. The second-order valence-corrected chi connectivity index (χ2v) is 2.19. The molecule has 0 aromatic rings. The molecule has 0 bridgehead atoms. The SMILES string of the molecule is O[C@@H](C1=CCCO1)C(F)(F)F. The van der Waals surface area contributed by atoms with Gasteiger partial charge < -0.3 is 9.84 Å². The Labute approximate surface area is 61.3 Å². The Morgan fingerprint density at radius 3 is 2.55 bits per heavy atom. The van der Waals surface area contributed by atoms with Gasteiger partial charge in [0.05, 0.1) is 6.61 Å². The molecule has 0 fully saturated rings. The van der Waals surface area contributed by atoms with Crippen LogP contribution in [0.4, 0.5) is 13.2 Å². The van der Waals surface area contributed by atoms with Crippen LogP contribution < -0.4 is 0 Å². The van der Waals surface area contributed by atoms with Crippen molar-refractivity contribution in [3.63, 3.8) is 0 Å². The number of hydrogen-bond acceptors (Lipinski definition) is 2. The molecule has 1 aliphatic rings. The highest BCUT2D eigenvalue weighted by Gasteiger charge is 2.42. The fraction of sp³-hybridized carbons (Fsp3) is 0.667. The van der Waals surface area contributed by atoms with E-state index in [0.29, 0.717) is 6.42 Å². The lowest BCUT2D eigenvalue weighted by molar-refractivity contribution is -0.200. The van der Waals surface area contributed by atoms with Gasteiger partial charge in [-0.05, 0) is 6.08 Å². The van der Waals surface area contributed by atoms with Gasteiger partial charge in [-0.3, -0.25) is 0 Å². The number of hydrogen-bond donors (Lipinski definition) is 1. The molecule has 5 heteroatoms. The average Bonchev–Trinajstić information content (AvgIpc) is 2.34. The summed E-state index contributed by atoms with van der Waals surface area (Å²) in [4.78, 5) is 0. The minimum atomic E-state index is -4.61. The zero-order valence-corrected chi connectivity index (χ0v) is 5.56. The van der Waals surface area contributed by atoms with Gasteiger partial charge in [-0.15, -0.1) is 0 Å². The van der Waals surface area contributed by atoms with Crippen LogP contribution in [0.1, 0.15) is 6.42 Å². The van der Waals surface area contributed by atoms with Gasteiger partial charge in [0, 0.05) is 6.42 Å². The van der Waals surface area contributed by atoms with Crippen LogP contribution in [0.5, 0.6) is 0 Å². The van der Waals surface area contributed by atoms with Crippen molar-refractivity contribution in [3.05, 3.63) is 11.8 Å². The van der Waals surface area contributed by atoms with Crippen molar-refractivity contribution < 1.29 is 23.0 Å². The van der Waals surface area contributed by atoms with Gasteiger partial charge in [0.2, 0.25) is 6.10 Å². The number of aliphatic hydroxyl groups is 1. The van der Waals surface area contributed by atoms with Gasteiger partial charge in [-0.2, -0.15) is 13.2 Å². The summed E-state index contributed by atoms with van der Waals surface area (Å²) in [7, 11) is 0. The molecule has 0 amide bonds. The Balaban J connectivity index is 2.60. The molecule has 1 heterocycles. The maximum absolute atomic E-state index is 11.7. The van der Waals surface area contributed by atoms with Crippen LogP contribution in [0.15, 0.2) is 11.8 Å². The van der Waals surface area contributed by atoms with Crippen molar-refractivity contribution in [2.24, 2.45) is 0 Å². The number of aliphatic hydroxyl groups excluding tert-OH is 1. The lowest BCUT2D eigenvalue weighted by Gasteiger charge is -2.14. The lowest BCUT2D eigenvalue weighted by atomic mass is 10.3. The zero-order chi connectivity index (χ0) is 8.48. The molecule has 0 aromatic carbocycles. The predicted octanol–water partition coefficient (Wildman–Crippen LogP) is 1.21. The Morgan fingerprint density at radius 2 is 2.18 bits per heavy atom. The summed E-state index contributed by atoms with van der Waals surface area (Å²) in [6.45, 7) is 0.225. The molecule has 0 spiro atoms. The summed E-state index contributed by atoms with van der Waals surface area (Å²) >= 11 is 0. The quantitative estimate of drug-likeness (QED) is 0.637. The molecule has 1 N–H and O–H groups in total. The van der Waals surface area contributed by atoms with Gasteiger partial charge in [-0.1, -0.05) is 0 Å². The first kappa shape index (κ1) is 8.39. The summed E-state index contributed by atoms with van der Waals surface area (Å²) in [5.41, 5.74) is 0. The van der Waals surface area contributed by atoms with Crippen molar-refractivity contribution in [2.45, 2.75) is 18.7 Å². The van der Waals surface area contributed by atoms with Crippen molar-refractivity contribution in [3.8, 4) is 0 Å². The first-order valence-corrected chi connectivity index (χ1v) is 3.09. The van der Waals surface area contributed by atoms with Gasteiger partial charge in [0.15, 0.2) is 0 Å². The molecule has 1 rings (SSSR count). The fourth-order valence-corrected chi connectivity index (χ4v) is 0.789. The number of rotatable bonds is 1. The van der Waals surface area contributed by atoms with Gasteiger partial charge in [0.1, 0.15) is 5.76 Å². The fourth-order valence-electron chi connectivity index (χ4n) is 0.789. The van der Waals surface area contributed by atoms with Gasteiger partial charge >= 0.3 is 6.18 Å². The average molecular weight is 168 g/mol. The molecular formula is C6H7F3O2. The van der Waals surface area contributed by atoms with Crippen LogP contribution in [0.3, 0.4) is 0 Å². The van der Waals surface area contributed by atoms with E-state index in [0.717, 1.165) is 0 Å². The second-order valence-electron chi connectivity index (χ2n) is 2.19. The summed E-state index contributed by atoms with van der Waals surface area (Å²) in [6.07, 6.45) is -5.39. The van der Waals surface area contributed by atoms with Crippen LogP contribution in [-0.4, -0.2) is 24.0 Å². The topological polar surface area (TPSA) is 29.5 Å². The maximum atomic E-state index is 11.7. The smallest absolute Gasteiger partial charge is 0.421 e. The number of ether oxygens (including phenoxy) is 1. The van der Waals surface area contributed by atoms with E-state index in [-0.39, 0.29) is 12.4 Å². The van der Waals surface area contributed by atoms with Crippen LogP contribution in [0.25, 0.3) is 0 Å². The first-order valence-electron chi connectivity index (χ1n) is 3.09. The van der Waals surface area contributed by atoms with E-state index in [9.17, 15) is 13.2 Å². The molecule has 0 saturated carbocycles. The lowest BCUT2D eigenvalue weighted by Crippen LogP contribution is -2.30. The highest BCUT2D eigenvalue weighted by atomic mass is 19.4. The third kappa shape index (κ3) is 1.86. The van der Waals surface area contributed by atoms with E-state index < -0.39 is 12.3 Å². The molecule has 1 aliphatic heterocycles. The Bertz CT molecular complexity index is 173. The van der Waals surface area contributed by atoms with Crippen molar-refractivity contribution in [2.75, 3.05) is 6.61 Å². The van der Waals surface area contributed by atoms with Crippen LogP contribution in [-0.2, 0) is 4.74 Å². The first-order chi connectivity index (χ1) is 5.02. The summed E-state index contributed by atoms with van der Waals surface area (Å²) in [6, 6.07) is 0. The Kier molecular flexibility index (Phi) is 2.08. The van der Waals surface area contributed by atoms with Crippen LogP contribution >= 0.6 is 0 Å². The molecule has 0 radical (unpaired) electrons. The highest BCUT2D eigenvalue weighted by molar-refractivity contribution is 5.06. The summed E-state index contributed by atoms with van der Waals surface area (Å²) in [5.74, 6) is -0.377. The molecular weight excluding hydrogens is 161 g/mol. The predicted molar refractivity (Wildman–Crippen MR) is 30.7 cm³/mol. The summed E-state index contributed by atoms with van der Waals surface area (Å²) in [5, 5.41) is 8.57. The standard InChI is InChI=1S/C6H7F3O2/c7-6(8,9)5(10)4-2-1-3-11-4/h2,5,10H,1,3H2/t5-/m0/s1. The van der Waals surface area contributed by atoms with Gasteiger partial charge in [-0.25, -0.2) is 0 Å². The van der Waals surface area contributed by atoms with Gasteiger partial charge in [0.25, 0.3) is 0 Å². The van der Waals surface area contributed by atoms with E-state index in [4.69, 9.17) is 5.11 Å².